The number of nitrogens with one attached hydrogen (secondary N) is 1. The van der Waals surface area contributed by atoms with Gasteiger partial charge in [0, 0.05) is 17.3 Å². The number of allylic oxidation sites excluding steroid dienone is 3. The number of aromatic nitrogens is 8. The van der Waals surface area contributed by atoms with Crippen LogP contribution in [0.2, 0.25) is 0 Å². The molecule has 0 bridgehead atoms. The first-order valence-corrected chi connectivity index (χ1v) is 10.5. The highest BCUT2D eigenvalue weighted by Crippen LogP contribution is 2.43. The minimum atomic E-state index is 0.0421. The van der Waals surface area contributed by atoms with E-state index in [1.165, 1.54) is 0 Å². The molecule has 5 heterocycles. The van der Waals surface area contributed by atoms with Crippen LogP contribution < -0.4 is 4.90 Å². The van der Waals surface area contributed by atoms with E-state index in [1.807, 2.05) is 24.6 Å². The number of nitrogens with zero attached hydrogens (tertiary/aromatic N) is 8. The molecule has 30 heavy (non-hydrogen) atoms. The summed E-state index contributed by atoms with van der Waals surface area (Å²) < 4.78 is 2.06. The Kier molecular flexibility index (Phi) is 3.69. The van der Waals surface area contributed by atoms with Crippen molar-refractivity contribution in [2.45, 2.75) is 26.3 Å². The summed E-state index contributed by atoms with van der Waals surface area (Å²) >= 11 is 1.55. The van der Waals surface area contributed by atoms with E-state index in [1.54, 1.807) is 23.7 Å². The molecule has 0 saturated heterocycles. The molecule has 0 fully saturated rings. The maximum atomic E-state index is 5.01. The number of hydrogen-bond acceptors (Lipinski definition) is 8. The maximum Gasteiger partial charge on any atom is 0.165 e. The van der Waals surface area contributed by atoms with Crippen molar-refractivity contribution >= 4 is 17.2 Å². The van der Waals surface area contributed by atoms with E-state index in [9.17, 15) is 0 Å². The average Bonchev–Trinajstić information content (AvgIpc) is 3.47. The average molecular weight is 415 g/mol. The summed E-state index contributed by atoms with van der Waals surface area (Å²) in [6, 6.07) is 0.0421. The molecular formula is C20H17N9S. The highest BCUT2D eigenvalue weighted by Gasteiger charge is 2.37. The minimum Gasteiger partial charge on any atom is -0.314 e. The van der Waals surface area contributed by atoms with Crippen LogP contribution in [0.5, 0.6) is 0 Å². The van der Waals surface area contributed by atoms with Gasteiger partial charge >= 0.3 is 0 Å². The van der Waals surface area contributed by atoms with Gasteiger partial charge in [0.25, 0.3) is 0 Å². The van der Waals surface area contributed by atoms with E-state index < -0.39 is 0 Å². The molecule has 1 N–H and O–H groups in total. The molecule has 1 aliphatic heterocycles. The van der Waals surface area contributed by atoms with E-state index in [4.69, 9.17) is 4.98 Å². The molecule has 1 aliphatic carbocycles. The normalized spacial score (nSPS) is 16.8. The van der Waals surface area contributed by atoms with Crippen molar-refractivity contribution in [3.05, 3.63) is 59.5 Å². The molecule has 2 aliphatic rings. The molecule has 0 aromatic carbocycles. The van der Waals surface area contributed by atoms with Crippen molar-refractivity contribution in [1.82, 2.24) is 39.9 Å². The predicted octanol–water partition coefficient (Wildman–Crippen LogP) is 3.60. The fraction of sp³-hybridized carbons (Fsp3) is 0.200. The van der Waals surface area contributed by atoms with E-state index in [2.05, 4.69) is 58.9 Å². The van der Waals surface area contributed by atoms with Crippen LogP contribution in [0.1, 0.15) is 31.0 Å². The second-order valence-corrected chi connectivity index (χ2v) is 7.98. The standard InChI is InChI=1S/C20H17N9S/c1-3-14-19-27-25-11(2)28(19)15-10-22-17(24-18(15)29(14)12-5-4-6-12)13-9-23-26-16(13)20-21-7-8-30-20/h4-10,14H,3H2,1-2H3,(H,23,26). The van der Waals surface area contributed by atoms with Crippen molar-refractivity contribution in [2.75, 3.05) is 4.90 Å². The molecule has 4 aromatic rings. The molecule has 0 spiro atoms. The van der Waals surface area contributed by atoms with Crippen molar-refractivity contribution < 1.29 is 0 Å². The van der Waals surface area contributed by atoms with Gasteiger partial charge in [-0.1, -0.05) is 13.0 Å². The first-order valence-electron chi connectivity index (χ1n) is 9.66. The second kappa shape index (κ2) is 6.42. The van der Waals surface area contributed by atoms with Gasteiger partial charge in [-0.05, 0) is 25.5 Å². The molecule has 1 unspecified atom stereocenters. The fourth-order valence-electron chi connectivity index (χ4n) is 3.96. The summed E-state index contributed by atoms with van der Waals surface area (Å²) in [5.41, 5.74) is 3.63. The van der Waals surface area contributed by atoms with Gasteiger partial charge in [0.1, 0.15) is 22.2 Å². The van der Waals surface area contributed by atoms with Crippen molar-refractivity contribution in [3.63, 3.8) is 0 Å². The molecule has 0 radical (unpaired) electrons. The summed E-state index contributed by atoms with van der Waals surface area (Å²) in [5, 5.41) is 18.8. The summed E-state index contributed by atoms with van der Waals surface area (Å²) in [6.07, 6.45) is 12.5. The van der Waals surface area contributed by atoms with Gasteiger partial charge < -0.3 is 4.90 Å². The van der Waals surface area contributed by atoms with Crippen molar-refractivity contribution in [1.29, 1.82) is 0 Å². The Hall–Kier alpha value is -3.66. The number of aryl methyl sites for hydroxylation is 1. The summed E-state index contributed by atoms with van der Waals surface area (Å²) in [7, 11) is 0. The lowest BCUT2D eigenvalue weighted by molar-refractivity contribution is 0.574. The van der Waals surface area contributed by atoms with Crippen LogP contribution in [0.25, 0.3) is 27.8 Å². The number of thiazole rings is 1. The number of H-pyrrole nitrogens is 1. The van der Waals surface area contributed by atoms with E-state index in [0.29, 0.717) is 5.82 Å². The van der Waals surface area contributed by atoms with Gasteiger partial charge in [-0.15, -0.1) is 21.5 Å². The summed E-state index contributed by atoms with van der Waals surface area (Å²) in [4.78, 5) is 16.3. The smallest absolute Gasteiger partial charge is 0.165 e. The third kappa shape index (κ3) is 2.34. The molecular weight excluding hydrogens is 398 g/mol. The van der Waals surface area contributed by atoms with Crippen LogP contribution in [0.3, 0.4) is 0 Å². The number of aromatic amines is 1. The first kappa shape index (κ1) is 17.2. The Morgan fingerprint density at radius 1 is 1.20 bits per heavy atom. The SMILES string of the molecule is CCC1c2nnc(C)n2-c2cnc(-c3cn[nH]c3-c3nccs3)nc2N1C1=CC=C1. The molecule has 0 saturated carbocycles. The topological polar surface area (TPSA) is 101 Å². The van der Waals surface area contributed by atoms with Gasteiger partial charge in [-0.3, -0.25) is 9.67 Å². The van der Waals surface area contributed by atoms with Crippen LogP contribution in [0.4, 0.5) is 5.82 Å². The molecule has 0 amide bonds. The molecule has 10 heteroatoms. The predicted molar refractivity (Wildman–Crippen MR) is 113 cm³/mol. The highest BCUT2D eigenvalue weighted by molar-refractivity contribution is 7.13. The summed E-state index contributed by atoms with van der Waals surface area (Å²) in [6.45, 7) is 4.11. The Labute approximate surface area is 175 Å². The Balaban J connectivity index is 1.56. The molecule has 4 aromatic heterocycles. The van der Waals surface area contributed by atoms with Crippen molar-refractivity contribution in [3.8, 4) is 27.8 Å². The third-order valence-corrected chi connectivity index (χ3v) is 6.19. The Morgan fingerprint density at radius 3 is 2.83 bits per heavy atom. The van der Waals surface area contributed by atoms with Gasteiger partial charge in [-0.25, -0.2) is 15.0 Å². The van der Waals surface area contributed by atoms with E-state index in [0.717, 1.165) is 51.5 Å². The minimum absolute atomic E-state index is 0.0421. The molecule has 9 nitrogen and oxygen atoms in total. The molecule has 1 atom stereocenters. The van der Waals surface area contributed by atoms with Gasteiger partial charge in [-0.2, -0.15) is 5.10 Å². The molecule has 148 valence electrons. The van der Waals surface area contributed by atoms with Crippen LogP contribution >= 0.6 is 11.3 Å². The largest absolute Gasteiger partial charge is 0.314 e. The van der Waals surface area contributed by atoms with E-state index in [-0.39, 0.29) is 6.04 Å². The maximum absolute atomic E-state index is 5.01. The van der Waals surface area contributed by atoms with Gasteiger partial charge in [0.15, 0.2) is 17.5 Å². The number of rotatable bonds is 4. The fourth-order valence-corrected chi connectivity index (χ4v) is 4.61. The lowest BCUT2D eigenvalue weighted by Crippen LogP contribution is -2.36. The monoisotopic (exact) mass is 415 g/mol. The van der Waals surface area contributed by atoms with Crippen LogP contribution in [0, 0.1) is 6.92 Å². The van der Waals surface area contributed by atoms with E-state index >= 15 is 0 Å². The third-order valence-electron chi connectivity index (χ3n) is 5.40. The zero-order chi connectivity index (χ0) is 20.2. The van der Waals surface area contributed by atoms with Crippen molar-refractivity contribution in [2.24, 2.45) is 0 Å². The lowest BCUT2D eigenvalue weighted by Gasteiger charge is -2.38. The highest BCUT2D eigenvalue weighted by atomic mass is 32.1. The Bertz CT molecular complexity index is 1310. The summed E-state index contributed by atoms with van der Waals surface area (Å²) in [5.74, 6) is 3.17. The van der Waals surface area contributed by atoms with Gasteiger partial charge in [0.05, 0.1) is 24.0 Å². The quantitative estimate of drug-likeness (QED) is 0.543. The lowest BCUT2D eigenvalue weighted by atomic mass is 10.0. The zero-order valence-electron chi connectivity index (χ0n) is 16.3. The first-order chi connectivity index (χ1) is 14.8. The zero-order valence-corrected chi connectivity index (χ0v) is 17.1. The van der Waals surface area contributed by atoms with Crippen LogP contribution in [-0.4, -0.2) is 39.9 Å². The number of hydrogen-bond donors (Lipinski definition) is 1. The second-order valence-electron chi connectivity index (χ2n) is 7.08. The Morgan fingerprint density at radius 2 is 2.10 bits per heavy atom. The number of anilines is 1. The van der Waals surface area contributed by atoms with Gasteiger partial charge in [0.2, 0.25) is 0 Å². The number of fused-ring (bicyclic) bond motifs is 3. The van der Waals surface area contributed by atoms with Crippen LogP contribution in [0.15, 0.2) is 47.9 Å². The van der Waals surface area contributed by atoms with Crippen LogP contribution in [-0.2, 0) is 0 Å². The molecule has 6 rings (SSSR count).